The Morgan fingerprint density at radius 2 is 1.85 bits per heavy atom. The molecule has 0 fully saturated rings. The van der Waals surface area contributed by atoms with Crippen LogP contribution in [-0.2, 0) is 23.8 Å². The number of rotatable bonds is 7. The molecule has 8 heteroatoms. The number of ether oxygens (including phenoxy) is 3. The van der Waals surface area contributed by atoms with Crippen LogP contribution in [0.2, 0.25) is 0 Å². The quantitative estimate of drug-likeness (QED) is 0.442. The van der Waals surface area contributed by atoms with Gasteiger partial charge in [0.1, 0.15) is 0 Å². The van der Waals surface area contributed by atoms with E-state index in [1.54, 1.807) is 0 Å². The molecule has 0 aliphatic heterocycles. The Morgan fingerprint density at radius 1 is 1.11 bits per heavy atom. The zero-order chi connectivity index (χ0) is 19.8. The fraction of sp³-hybridized carbons (Fsp3) is 0.368. The van der Waals surface area contributed by atoms with Gasteiger partial charge in [0, 0.05) is 0 Å². The molecule has 8 nitrogen and oxygen atoms in total. The van der Waals surface area contributed by atoms with Crippen molar-refractivity contribution in [3.63, 3.8) is 0 Å². The van der Waals surface area contributed by atoms with E-state index in [-0.39, 0.29) is 29.2 Å². The molecule has 0 aromatic heterocycles. The molecule has 0 saturated carbocycles. The third kappa shape index (κ3) is 5.67. The van der Waals surface area contributed by atoms with E-state index in [4.69, 9.17) is 4.74 Å². The van der Waals surface area contributed by atoms with E-state index in [1.165, 1.54) is 32.4 Å². The highest BCUT2D eigenvalue weighted by molar-refractivity contribution is 6.04. The Balaban J connectivity index is 2.01. The summed E-state index contributed by atoms with van der Waals surface area (Å²) in [4.78, 5) is 47.4. The molecule has 1 N–H and O–H groups in total. The number of amides is 1. The highest BCUT2D eigenvalue weighted by Gasteiger charge is 2.19. The van der Waals surface area contributed by atoms with Crippen molar-refractivity contribution in [2.24, 2.45) is 5.92 Å². The molecule has 144 valence electrons. The largest absolute Gasteiger partial charge is 0.465 e. The lowest BCUT2D eigenvalue weighted by atomic mass is 10.1. The molecular weight excluding hydrogens is 354 g/mol. The van der Waals surface area contributed by atoms with Gasteiger partial charge in [0.2, 0.25) is 0 Å². The van der Waals surface area contributed by atoms with E-state index < -0.39 is 30.4 Å². The van der Waals surface area contributed by atoms with E-state index in [0.717, 1.165) is 12.8 Å². The highest BCUT2D eigenvalue weighted by Crippen LogP contribution is 2.21. The Bertz CT molecular complexity index is 769. The van der Waals surface area contributed by atoms with Crippen LogP contribution in [0.1, 0.15) is 40.0 Å². The monoisotopic (exact) mass is 375 g/mol. The summed E-state index contributed by atoms with van der Waals surface area (Å²) in [6.07, 6.45) is 6.01. The molecule has 1 atom stereocenters. The number of methoxy groups -OCH3 is 2. The maximum absolute atomic E-state index is 12.1. The minimum absolute atomic E-state index is 0.0564. The summed E-state index contributed by atoms with van der Waals surface area (Å²) in [5, 5.41) is 2.46. The molecule has 0 saturated heterocycles. The predicted molar refractivity (Wildman–Crippen MR) is 95.2 cm³/mol. The summed E-state index contributed by atoms with van der Waals surface area (Å²) in [7, 11) is 2.41. The number of allylic oxidation sites excluding steroid dienone is 2. The minimum Gasteiger partial charge on any atom is -0.465 e. The molecule has 2 rings (SSSR count). The zero-order valence-electron chi connectivity index (χ0n) is 15.2. The van der Waals surface area contributed by atoms with Crippen LogP contribution in [0.15, 0.2) is 30.4 Å². The van der Waals surface area contributed by atoms with Crippen LogP contribution in [0.3, 0.4) is 0 Å². The van der Waals surface area contributed by atoms with E-state index in [0.29, 0.717) is 0 Å². The second-order valence-corrected chi connectivity index (χ2v) is 5.92. The van der Waals surface area contributed by atoms with E-state index >= 15 is 0 Å². The molecule has 1 aromatic rings. The molecule has 27 heavy (non-hydrogen) atoms. The topological polar surface area (TPSA) is 108 Å². The molecular formula is C19H21NO7. The number of hydrogen-bond acceptors (Lipinski definition) is 7. The van der Waals surface area contributed by atoms with Crippen molar-refractivity contribution in [2.45, 2.75) is 19.3 Å². The number of nitrogens with one attached hydrogen (secondary N) is 1. The molecule has 1 amide bonds. The lowest BCUT2D eigenvalue weighted by Crippen LogP contribution is -2.23. The number of benzene rings is 1. The van der Waals surface area contributed by atoms with Crippen molar-refractivity contribution in [2.75, 3.05) is 26.1 Å². The summed E-state index contributed by atoms with van der Waals surface area (Å²) in [5.41, 5.74) is 0.260. The number of esters is 3. The normalized spacial score (nSPS) is 15.1. The van der Waals surface area contributed by atoms with Gasteiger partial charge >= 0.3 is 17.9 Å². The average molecular weight is 375 g/mol. The van der Waals surface area contributed by atoms with Crippen LogP contribution in [0.25, 0.3) is 0 Å². The number of carbonyl (C=O) groups excluding carboxylic acids is 4. The first-order valence-corrected chi connectivity index (χ1v) is 8.37. The maximum atomic E-state index is 12.1. The van der Waals surface area contributed by atoms with Gasteiger partial charge in [-0.3, -0.25) is 9.59 Å². The molecule has 0 spiro atoms. The Morgan fingerprint density at radius 3 is 2.48 bits per heavy atom. The summed E-state index contributed by atoms with van der Waals surface area (Å²) >= 11 is 0. The van der Waals surface area contributed by atoms with Gasteiger partial charge in [-0.2, -0.15) is 0 Å². The van der Waals surface area contributed by atoms with Crippen molar-refractivity contribution in [1.82, 2.24) is 0 Å². The SMILES string of the molecule is COC(=O)c1ccc(C(=O)OC)c(NC(=O)COC(=O)C[C@@H]2C=CCC2)c1. The summed E-state index contributed by atoms with van der Waals surface area (Å²) < 4.78 is 14.3. The molecule has 0 unspecified atom stereocenters. The van der Waals surface area contributed by atoms with Crippen LogP contribution >= 0.6 is 0 Å². The van der Waals surface area contributed by atoms with Crippen LogP contribution in [0, 0.1) is 5.92 Å². The van der Waals surface area contributed by atoms with E-state index in [9.17, 15) is 19.2 Å². The van der Waals surface area contributed by atoms with Gasteiger partial charge in [-0.1, -0.05) is 12.2 Å². The number of hydrogen-bond donors (Lipinski definition) is 1. The fourth-order valence-electron chi connectivity index (χ4n) is 2.65. The summed E-state index contributed by atoms with van der Waals surface area (Å²) in [6.45, 7) is -0.502. The lowest BCUT2D eigenvalue weighted by Gasteiger charge is -2.12. The fourth-order valence-corrected chi connectivity index (χ4v) is 2.65. The van der Waals surface area contributed by atoms with Gasteiger partial charge in [0.05, 0.1) is 37.5 Å². The Hall–Kier alpha value is -3.16. The maximum Gasteiger partial charge on any atom is 0.339 e. The molecule has 0 bridgehead atoms. The highest BCUT2D eigenvalue weighted by atomic mass is 16.5. The molecule has 0 radical (unpaired) electrons. The van der Waals surface area contributed by atoms with Crippen molar-refractivity contribution in [3.05, 3.63) is 41.5 Å². The van der Waals surface area contributed by atoms with Crippen LogP contribution in [0.4, 0.5) is 5.69 Å². The van der Waals surface area contributed by atoms with Crippen LogP contribution in [0.5, 0.6) is 0 Å². The van der Waals surface area contributed by atoms with E-state index in [2.05, 4.69) is 14.8 Å². The second kappa shape index (κ2) is 9.51. The minimum atomic E-state index is -0.688. The smallest absolute Gasteiger partial charge is 0.339 e. The van der Waals surface area contributed by atoms with E-state index in [1.807, 2.05) is 12.2 Å². The third-order valence-corrected chi connectivity index (χ3v) is 4.03. The third-order valence-electron chi connectivity index (χ3n) is 4.03. The zero-order valence-corrected chi connectivity index (χ0v) is 15.2. The first kappa shape index (κ1) is 20.2. The van der Waals surface area contributed by atoms with Crippen molar-refractivity contribution < 1.29 is 33.4 Å². The van der Waals surface area contributed by atoms with Crippen LogP contribution in [-0.4, -0.2) is 44.6 Å². The molecule has 1 aromatic carbocycles. The molecule has 1 aliphatic rings. The van der Waals surface area contributed by atoms with Crippen molar-refractivity contribution >= 4 is 29.5 Å². The predicted octanol–water partition coefficient (Wildman–Crippen LogP) is 2.10. The van der Waals surface area contributed by atoms with Crippen LogP contribution < -0.4 is 5.32 Å². The molecule has 1 aliphatic carbocycles. The molecule has 0 heterocycles. The first-order chi connectivity index (χ1) is 12.9. The van der Waals surface area contributed by atoms with Crippen molar-refractivity contribution in [3.8, 4) is 0 Å². The van der Waals surface area contributed by atoms with Gasteiger partial charge in [-0.15, -0.1) is 0 Å². The summed E-state index contributed by atoms with van der Waals surface area (Å²) in [5.74, 6) is -2.29. The van der Waals surface area contributed by atoms with Gasteiger partial charge in [0.25, 0.3) is 5.91 Å². The summed E-state index contributed by atoms with van der Waals surface area (Å²) in [6, 6.07) is 4.01. The van der Waals surface area contributed by atoms with Gasteiger partial charge in [-0.05, 0) is 37.0 Å². The van der Waals surface area contributed by atoms with Gasteiger partial charge in [-0.25, -0.2) is 9.59 Å². The van der Waals surface area contributed by atoms with Gasteiger partial charge in [0.15, 0.2) is 6.61 Å². The Labute approximate surface area is 156 Å². The van der Waals surface area contributed by atoms with Gasteiger partial charge < -0.3 is 19.5 Å². The average Bonchev–Trinajstić information content (AvgIpc) is 3.18. The number of anilines is 1. The lowest BCUT2D eigenvalue weighted by molar-refractivity contribution is -0.147. The first-order valence-electron chi connectivity index (χ1n) is 8.37. The van der Waals surface area contributed by atoms with Crippen molar-refractivity contribution in [1.29, 1.82) is 0 Å². The number of carbonyl (C=O) groups is 4. The second-order valence-electron chi connectivity index (χ2n) is 5.92. The standard InChI is InChI=1S/C19H21NO7/c1-25-18(23)13-7-8-14(19(24)26-2)15(10-13)20-16(21)11-27-17(22)9-12-5-3-4-6-12/h3,5,7-8,10,12H,4,6,9,11H2,1-2H3,(H,20,21)/t12-/m1/s1. The Kier molecular flexibility index (Phi) is 7.10.